The molecule has 5 heteroatoms. The van der Waals surface area contributed by atoms with E-state index in [4.69, 9.17) is 5.26 Å². The van der Waals surface area contributed by atoms with Gasteiger partial charge in [0, 0.05) is 17.8 Å². The fraction of sp³-hybridized carbons (Fsp3) is 0.235. The minimum atomic E-state index is -0.507. The Morgan fingerprint density at radius 3 is 2.55 bits per heavy atom. The van der Waals surface area contributed by atoms with Crippen LogP contribution < -0.4 is 5.32 Å². The minimum absolute atomic E-state index is 0.0861. The Morgan fingerprint density at radius 2 is 1.95 bits per heavy atom. The summed E-state index contributed by atoms with van der Waals surface area (Å²) in [5.74, 6) is 0. The van der Waals surface area contributed by atoms with E-state index in [1.807, 2.05) is 18.2 Å². The molecule has 0 unspecified atom stereocenters. The number of hydrogen-bond acceptors (Lipinski definition) is 4. The van der Waals surface area contributed by atoms with E-state index in [1.54, 1.807) is 6.07 Å². The van der Waals surface area contributed by atoms with Crippen molar-refractivity contribution < 1.29 is 4.92 Å². The maximum atomic E-state index is 10.7. The van der Waals surface area contributed by atoms with E-state index < -0.39 is 4.92 Å². The smallest absolute Gasteiger partial charge is 0.270 e. The molecule has 0 aromatic heterocycles. The van der Waals surface area contributed by atoms with Crippen molar-refractivity contribution in [2.24, 2.45) is 0 Å². The summed E-state index contributed by atoms with van der Waals surface area (Å²) >= 11 is 0. The third-order valence-electron chi connectivity index (χ3n) is 3.39. The summed E-state index contributed by atoms with van der Waals surface area (Å²) in [6, 6.07) is 14.2. The van der Waals surface area contributed by atoms with Crippen molar-refractivity contribution in [2.75, 3.05) is 5.32 Å². The van der Waals surface area contributed by atoms with Crippen LogP contribution in [-0.2, 0) is 6.42 Å². The van der Waals surface area contributed by atoms with E-state index in [2.05, 4.69) is 24.4 Å². The topological polar surface area (TPSA) is 79.0 Å². The van der Waals surface area contributed by atoms with E-state index in [0.717, 1.165) is 24.9 Å². The van der Waals surface area contributed by atoms with Gasteiger partial charge in [-0.25, -0.2) is 0 Å². The van der Waals surface area contributed by atoms with Gasteiger partial charge in [-0.2, -0.15) is 5.26 Å². The molecule has 0 atom stereocenters. The van der Waals surface area contributed by atoms with Crippen LogP contribution in [-0.4, -0.2) is 4.92 Å². The van der Waals surface area contributed by atoms with Gasteiger partial charge >= 0.3 is 0 Å². The molecule has 2 rings (SSSR count). The van der Waals surface area contributed by atoms with E-state index >= 15 is 0 Å². The van der Waals surface area contributed by atoms with Crippen LogP contribution in [0, 0.1) is 21.4 Å². The molecule has 0 aliphatic heterocycles. The summed E-state index contributed by atoms with van der Waals surface area (Å²) in [5, 5.41) is 23.0. The van der Waals surface area contributed by atoms with Crippen molar-refractivity contribution in [1.29, 1.82) is 5.26 Å². The van der Waals surface area contributed by atoms with Crippen LogP contribution in [0.4, 0.5) is 17.1 Å². The third kappa shape index (κ3) is 3.83. The van der Waals surface area contributed by atoms with Gasteiger partial charge in [0.25, 0.3) is 5.69 Å². The number of anilines is 2. The Kier molecular flexibility index (Phi) is 5.10. The average molecular weight is 295 g/mol. The summed E-state index contributed by atoms with van der Waals surface area (Å²) < 4.78 is 0. The van der Waals surface area contributed by atoms with E-state index in [1.165, 1.54) is 17.7 Å². The Hall–Kier alpha value is -2.87. The zero-order valence-electron chi connectivity index (χ0n) is 12.4. The van der Waals surface area contributed by atoms with E-state index in [0.29, 0.717) is 5.69 Å². The van der Waals surface area contributed by atoms with Gasteiger partial charge in [0.15, 0.2) is 0 Å². The lowest BCUT2D eigenvalue weighted by atomic mass is 10.1. The third-order valence-corrected chi connectivity index (χ3v) is 3.39. The molecule has 0 spiro atoms. The molecule has 0 bridgehead atoms. The molecule has 0 fully saturated rings. The molecule has 112 valence electrons. The minimum Gasteiger partial charge on any atom is -0.354 e. The largest absolute Gasteiger partial charge is 0.354 e. The highest BCUT2D eigenvalue weighted by Gasteiger charge is 2.10. The van der Waals surface area contributed by atoms with Crippen LogP contribution in [0.3, 0.4) is 0 Å². The molecule has 0 heterocycles. The maximum absolute atomic E-state index is 10.7. The second-order valence-corrected chi connectivity index (χ2v) is 5.02. The molecule has 0 aliphatic carbocycles. The number of nitrogens with one attached hydrogen (secondary N) is 1. The predicted molar refractivity (Wildman–Crippen MR) is 86.1 cm³/mol. The quantitative estimate of drug-likeness (QED) is 0.626. The molecule has 0 saturated heterocycles. The van der Waals surface area contributed by atoms with Crippen LogP contribution in [0.25, 0.3) is 0 Å². The lowest BCUT2D eigenvalue weighted by molar-refractivity contribution is -0.384. The first kappa shape index (κ1) is 15.5. The fourth-order valence-electron chi connectivity index (χ4n) is 2.14. The van der Waals surface area contributed by atoms with Crippen molar-refractivity contribution in [1.82, 2.24) is 0 Å². The number of hydrogen-bond donors (Lipinski definition) is 1. The monoisotopic (exact) mass is 295 g/mol. The molecule has 0 amide bonds. The van der Waals surface area contributed by atoms with Crippen molar-refractivity contribution >= 4 is 17.1 Å². The highest BCUT2D eigenvalue weighted by Crippen LogP contribution is 2.25. The van der Waals surface area contributed by atoms with Gasteiger partial charge < -0.3 is 5.32 Å². The second-order valence-electron chi connectivity index (χ2n) is 5.02. The highest BCUT2D eigenvalue weighted by atomic mass is 16.6. The zero-order valence-corrected chi connectivity index (χ0v) is 12.4. The van der Waals surface area contributed by atoms with E-state index in [9.17, 15) is 10.1 Å². The van der Waals surface area contributed by atoms with Gasteiger partial charge in [0.1, 0.15) is 6.07 Å². The lowest BCUT2D eigenvalue weighted by Gasteiger charge is -2.09. The molecule has 5 nitrogen and oxygen atoms in total. The van der Waals surface area contributed by atoms with Gasteiger partial charge in [-0.15, -0.1) is 0 Å². The predicted octanol–water partition coefficient (Wildman–Crippen LogP) is 4.55. The maximum Gasteiger partial charge on any atom is 0.270 e. The molecule has 0 aliphatic rings. The Bertz CT molecular complexity index is 703. The van der Waals surface area contributed by atoms with Gasteiger partial charge in [0.05, 0.1) is 16.2 Å². The first-order chi connectivity index (χ1) is 10.6. The molecule has 2 aromatic carbocycles. The van der Waals surface area contributed by atoms with Crippen molar-refractivity contribution in [2.45, 2.75) is 26.2 Å². The molecule has 22 heavy (non-hydrogen) atoms. The van der Waals surface area contributed by atoms with Crippen molar-refractivity contribution in [3.8, 4) is 6.07 Å². The number of nitro groups is 1. The number of nitro benzene ring substituents is 1. The number of non-ortho nitro benzene ring substituents is 1. The van der Waals surface area contributed by atoms with E-state index in [-0.39, 0.29) is 11.3 Å². The Morgan fingerprint density at radius 1 is 1.23 bits per heavy atom. The molecule has 0 radical (unpaired) electrons. The van der Waals surface area contributed by atoms with Crippen molar-refractivity contribution in [3.63, 3.8) is 0 Å². The molecular formula is C17H17N3O2. The first-order valence-electron chi connectivity index (χ1n) is 7.18. The van der Waals surface area contributed by atoms with Crippen LogP contribution in [0.1, 0.15) is 30.9 Å². The molecular weight excluding hydrogens is 278 g/mol. The SMILES string of the molecule is CCCCc1ccc(Nc2ccc([N+](=O)[O-])cc2C#N)cc1. The number of nitriles is 1. The molecule has 2 aromatic rings. The molecule has 0 saturated carbocycles. The second kappa shape index (κ2) is 7.23. The van der Waals surface area contributed by atoms with Crippen LogP contribution in [0.2, 0.25) is 0 Å². The Balaban J connectivity index is 2.16. The number of benzene rings is 2. The average Bonchev–Trinajstić information content (AvgIpc) is 2.54. The Labute approximate surface area is 129 Å². The highest BCUT2D eigenvalue weighted by molar-refractivity contribution is 5.68. The van der Waals surface area contributed by atoms with Crippen LogP contribution >= 0.6 is 0 Å². The number of aryl methyl sites for hydroxylation is 1. The van der Waals surface area contributed by atoms with Crippen LogP contribution in [0.15, 0.2) is 42.5 Å². The summed E-state index contributed by atoms with van der Waals surface area (Å²) in [6.45, 7) is 2.16. The zero-order chi connectivity index (χ0) is 15.9. The van der Waals surface area contributed by atoms with Gasteiger partial charge in [-0.1, -0.05) is 25.5 Å². The summed E-state index contributed by atoms with van der Waals surface area (Å²) in [6.07, 6.45) is 3.37. The summed E-state index contributed by atoms with van der Waals surface area (Å²) in [7, 11) is 0. The number of nitrogens with zero attached hydrogens (tertiary/aromatic N) is 2. The molecule has 1 N–H and O–H groups in total. The normalized spacial score (nSPS) is 10.0. The van der Waals surface area contributed by atoms with Gasteiger partial charge in [-0.3, -0.25) is 10.1 Å². The summed E-state index contributed by atoms with van der Waals surface area (Å²) in [4.78, 5) is 10.2. The standard InChI is InChI=1S/C17H17N3O2/c1-2-3-4-13-5-7-15(8-6-13)19-17-10-9-16(20(21)22)11-14(17)12-18/h5-11,19H,2-4H2,1H3. The van der Waals surface area contributed by atoms with Crippen LogP contribution in [0.5, 0.6) is 0 Å². The van der Waals surface area contributed by atoms with Crippen molar-refractivity contribution in [3.05, 3.63) is 63.7 Å². The van der Waals surface area contributed by atoms with Gasteiger partial charge in [-0.05, 0) is 36.6 Å². The number of rotatable bonds is 6. The fourth-order valence-corrected chi connectivity index (χ4v) is 2.14. The number of unbranched alkanes of at least 4 members (excludes halogenated alkanes) is 1. The first-order valence-corrected chi connectivity index (χ1v) is 7.18. The lowest BCUT2D eigenvalue weighted by Crippen LogP contribution is -1.96. The van der Waals surface area contributed by atoms with Gasteiger partial charge in [0.2, 0.25) is 0 Å². The summed E-state index contributed by atoms with van der Waals surface area (Å²) in [5.41, 5.74) is 2.86.